The largest absolute Gasteiger partial charge is 0.497 e. The van der Waals surface area contributed by atoms with Crippen molar-refractivity contribution in [2.24, 2.45) is 0 Å². The Hall–Kier alpha value is -4.65. The number of H-pyrrole nitrogens is 1. The summed E-state index contributed by atoms with van der Waals surface area (Å²) >= 11 is 0. The Labute approximate surface area is 238 Å². The lowest BCUT2D eigenvalue weighted by Crippen LogP contribution is -2.40. The number of rotatable bonds is 8. The standard InChI is InChI=1S/C30H27F2N5O5/c1-41-21-14-12-20(13-15-21)29(18-8-4-2-5-9-18,19-10-6-3-7-11-19)36-28-34-25-23(26(40)35-28)33-17-37(25)27-30(31,32)24(39)22(16-38)42-27/h2-15,17,22,24,27,38-39H,16H2,1H3,(H2,34,35,36,40)/t22-,24-,27-/m1/s1. The number of aromatic nitrogens is 4. The summed E-state index contributed by atoms with van der Waals surface area (Å²) in [5.74, 6) is -3.18. The molecule has 10 nitrogen and oxygen atoms in total. The molecule has 6 rings (SSSR count). The molecule has 3 heterocycles. The Morgan fingerprint density at radius 3 is 2.17 bits per heavy atom. The molecule has 0 bridgehead atoms. The zero-order valence-corrected chi connectivity index (χ0v) is 22.3. The summed E-state index contributed by atoms with van der Waals surface area (Å²) in [6.07, 6.45) is -4.83. The van der Waals surface area contributed by atoms with E-state index in [1.807, 2.05) is 84.9 Å². The van der Waals surface area contributed by atoms with Crippen LogP contribution in [0.1, 0.15) is 22.9 Å². The van der Waals surface area contributed by atoms with Crippen molar-refractivity contribution in [3.63, 3.8) is 0 Å². The molecule has 0 saturated carbocycles. The van der Waals surface area contributed by atoms with Gasteiger partial charge in [0.05, 0.1) is 20.0 Å². The molecule has 3 atom stereocenters. The first-order chi connectivity index (χ1) is 20.3. The van der Waals surface area contributed by atoms with Crippen LogP contribution in [0.2, 0.25) is 0 Å². The van der Waals surface area contributed by atoms with Crippen LogP contribution in [0, 0.1) is 0 Å². The van der Waals surface area contributed by atoms with E-state index in [2.05, 4.69) is 20.3 Å². The lowest BCUT2D eigenvalue weighted by molar-refractivity contribution is -0.138. The second-order valence-corrected chi connectivity index (χ2v) is 9.90. The van der Waals surface area contributed by atoms with Gasteiger partial charge in [0.25, 0.3) is 5.56 Å². The third-order valence-electron chi connectivity index (χ3n) is 7.49. The molecule has 4 N–H and O–H groups in total. The maximum atomic E-state index is 15.1. The molecule has 0 spiro atoms. The Balaban J connectivity index is 1.55. The third-order valence-corrected chi connectivity index (χ3v) is 7.49. The van der Waals surface area contributed by atoms with Gasteiger partial charge >= 0.3 is 5.92 Å². The van der Waals surface area contributed by atoms with Crippen LogP contribution in [0.25, 0.3) is 11.2 Å². The van der Waals surface area contributed by atoms with Crippen molar-refractivity contribution in [2.75, 3.05) is 19.0 Å². The van der Waals surface area contributed by atoms with Crippen LogP contribution in [0.15, 0.2) is 96.1 Å². The molecule has 0 unspecified atom stereocenters. The van der Waals surface area contributed by atoms with E-state index in [1.165, 1.54) is 0 Å². The van der Waals surface area contributed by atoms with Gasteiger partial charge < -0.3 is 25.0 Å². The molecule has 3 aromatic carbocycles. The highest BCUT2D eigenvalue weighted by Gasteiger charge is 2.59. The topological polar surface area (TPSA) is 135 Å². The Morgan fingerprint density at radius 1 is 1.02 bits per heavy atom. The normalized spacial score (nSPS) is 20.1. The van der Waals surface area contributed by atoms with Crippen LogP contribution in [0.5, 0.6) is 5.75 Å². The first kappa shape index (κ1) is 27.5. The third kappa shape index (κ3) is 4.40. The summed E-state index contributed by atoms with van der Waals surface area (Å²) in [4.78, 5) is 24.4. The molecule has 0 amide bonds. The number of aromatic amines is 1. The lowest BCUT2D eigenvalue weighted by Gasteiger charge is -2.37. The highest BCUT2D eigenvalue weighted by molar-refractivity contribution is 5.71. The molecule has 1 saturated heterocycles. The van der Waals surface area contributed by atoms with Crippen LogP contribution < -0.4 is 15.6 Å². The Morgan fingerprint density at radius 2 is 1.62 bits per heavy atom. The van der Waals surface area contributed by atoms with Crippen molar-refractivity contribution in [3.8, 4) is 5.75 Å². The SMILES string of the molecule is COc1ccc(C(Nc2nc3c(ncn3[C@@H]3O[C@H](CO)[C@@H](O)C3(F)F)c(=O)[nH]2)(c2ccccc2)c2ccccc2)cc1. The van der Waals surface area contributed by atoms with Crippen LogP contribution in [-0.2, 0) is 10.3 Å². The second-order valence-electron chi connectivity index (χ2n) is 9.90. The van der Waals surface area contributed by atoms with Crippen LogP contribution in [-0.4, -0.2) is 61.6 Å². The van der Waals surface area contributed by atoms with Gasteiger partial charge in [0.1, 0.15) is 17.4 Å². The van der Waals surface area contributed by atoms with E-state index in [-0.39, 0.29) is 17.1 Å². The monoisotopic (exact) mass is 575 g/mol. The lowest BCUT2D eigenvalue weighted by atomic mass is 9.77. The molecular formula is C30H27F2N5O5. The number of benzene rings is 3. The zero-order valence-electron chi connectivity index (χ0n) is 22.3. The van der Waals surface area contributed by atoms with Crippen molar-refractivity contribution in [1.29, 1.82) is 0 Å². The van der Waals surface area contributed by atoms with Gasteiger partial charge in [-0.15, -0.1) is 0 Å². The number of aliphatic hydroxyl groups excluding tert-OH is 2. The van der Waals surface area contributed by atoms with Gasteiger partial charge in [-0.25, -0.2) is 4.98 Å². The molecule has 1 aliphatic heterocycles. The maximum absolute atomic E-state index is 15.1. The number of hydrogen-bond donors (Lipinski definition) is 4. The number of aliphatic hydroxyl groups is 2. The molecule has 5 aromatic rings. The summed E-state index contributed by atoms with van der Waals surface area (Å²) in [5, 5.41) is 22.9. The minimum Gasteiger partial charge on any atom is -0.497 e. The molecule has 0 aliphatic carbocycles. The first-order valence-corrected chi connectivity index (χ1v) is 13.1. The quantitative estimate of drug-likeness (QED) is 0.207. The number of methoxy groups -OCH3 is 1. The number of alkyl halides is 2. The average Bonchev–Trinajstić information content (AvgIpc) is 3.54. The van der Waals surface area contributed by atoms with E-state index < -0.39 is 42.1 Å². The summed E-state index contributed by atoms with van der Waals surface area (Å²) in [6.45, 7) is -0.820. The molecular weight excluding hydrogens is 548 g/mol. The van der Waals surface area contributed by atoms with Crippen LogP contribution >= 0.6 is 0 Å². The molecule has 0 radical (unpaired) electrons. The van der Waals surface area contributed by atoms with Crippen molar-refractivity contribution in [2.45, 2.75) is 29.9 Å². The molecule has 216 valence electrons. The van der Waals surface area contributed by atoms with Gasteiger partial charge in [-0.05, 0) is 28.8 Å². The number of halogens is 2. The van der Waals surface area contributed by atoms with Gasteiger partial charge in [0.2, 0.25) is 12.2 Å². The molecule has 12 heteroatoms. The summed E-state index contributed by atoms with van der Waals surface area (Å²) < 4.78 is 41.7. The highest BCUT2D eigenvalue weighted by Crippen LogP contribution is 2.44. The fraction of sp³-hybridized carbons (Fsp3) is 0.233. The second kappa shape index (κ2) is 10.6. The minimum atomic E-state index is -3.79. The summed E-state index contributed by atoms with van der Waals surface area (Å²) in [7, 11) is 1.57. The van der Waals surface area contributed by atoms with Gasteiger partial charge in [-0.2, -0.15) is 13.8 Å². The summed E-state index contributed by atoms with van der Waals surface area (Å²) in [5.41, 5.74) is 0.199. The van der Waals surface area contributed by atoms with E-state index in [0.717, 1.165) is 27.6 Å². The van der Waals surface area contributed by atoms with E-state index >= 15 is 8.78 Å². The Bertz CT molecular complexity index is 1710. The van der Waals surface area contributed by atoms with Crippen molar-refractivity contribution < 1.29 is 28.5 Å². The first-order valence-electron chi connectivity index (χ1n) is 13.1. The van der Waals surface area contributed by atoms with Crippen molar-refractivity contribution in [1.82, 2.24) is 19.5 Å². The highest BCUT2D eigenvalue weighted by atomic mass is 19.3. The van der Waals surface area contributed by atoms with E-state index in [0.29, 0.717) is 5.75 Å². The van der Waals surface area contributed by atoms with Crippen molar-refractivity contribution >= 4 is 17.1 Å². The predicted octanol–water partition coefficient (Wildman–Crippen LogP) is 3.42. The van der Waals surface area contributed by atoms with Gasteiger partial charge in [0, 0.05) is 0 Å². The van der Waals surface area contributed by atoms with E-state index in [1.54, 1.807) is 7.11 Å². The molecule has 2 aromatic heterocycles. The van der Waals surface area contributed by atoms with E-state index in [9.17, 15) is 15.0 Å². The maximum Gasteiger partial charge on any atom is 0.320 e. The number of ether oxygens (including phenoxy) is 2. The fourth-order valence-corrected chi connectivity index (χ4v) is 5.39. The van der Waals surface area contributed by atoms with Gasteiger partial charge in [-0.3, -0.25) is 14.3 Å². The summed E-state index contributed by atoms with van der Waals surface area (Å²) in [6, 6.07) is 26.4. The number of imidazole rings is 1. The molecule has 1 fully saturated rings. The Kier molecular flexibility index (Phi) is 6.97. The van der Waals surface area contributed by atoms with Crippen LogP contribution in [0.4, 0.5) is 14.7 Å². The van der Waals surface area contributed by atoms with Crippen molar-refractivity contribution in [3.05, 3.63) is 118 Å². The molecule has 42 heavy (non-hydrogen) atoms. The number of hydrogen-bond acceptors (Lipinski definition) is 8. The number of fused-ring (bicyclic) bond motifs is 1. The van der Waals surface area contributed by atoms with Crippen LogP contribution in [0.3, 0.4) is 0 Å². The number of anilines is 1. The van der Waals surface area contributed by atoms with Gasteiger partial charge in [0.15, 0.2) is 17.3 Å². The number of nitrogens with zero attached hydrogens (tertiary/aromatic N) is 3. The van der Waals surface area contributed by atoms with Gasteiger partial charge in [-0.1, -0.05) is 72.8 Å². The average molecular weight is 576 g/mol. The molecule has 1 aliphatic rings. The minimum absolute atomic E-state index is 0.0293. The smallest absolute Gasteiger partial charge is 0.320 e. The fourth-order valence-electron chi connectivity index (χ4n) is 5.39. The number of nitrogens with one attached hydrogen (secondary N) is 2. The zero-order chi connectivity index (χ0) is 29.5. The predicted molar refractivity (Wildman–Crippen MR) is 149 cm³/mol. The van der Waals surface area contributed by atoms with E-state index in [4.69, 9.17) is 9.47 Å².